The smallest absolute Gasteiger partial charge is 0.0586 e. The molecular weight excluding hydrogens is 222 g/mol. The zero-order valence-corrected chi connectivity index (χ0v) is 11.0. The third-order valence-corrected chi connectivity index (χ3v) is 4.66. The second-order valence-electron chi connectivity index (χ2n) is 5.34. The van der Waals surface area contributed by atoms with Gasteiger partial charge in [-0.2, -0.15) is 0 Å². The van der Waals surface area contributed by atoms with E-state index in [1.807, 2.05) is 7.11 Å². The van der Waals surface area contributed by atoms with Crippen LogP contribution in [-0.2, 0) is 4.74 Å². The van der Waals surface area contributed by atoms with Gasteiger partial charge in [-0.1, -0.05) is 6.42 Å². The lowest BCUT2D eigenvalue weighted by molar-refractivity contribution is 0.0561. The molecule has 0 bridgehead atoms. The Balaban J connectivity index is 1.79. The van der Waals surface area contributed by atoms with Gasteiger partial charge in [-0.3, -0.25) is 0 Å². The fraction of sp³-hybridized carbons (Fsp3) is 1.00. The predicted octanol–water partition coefficient (Wildman–Crippen LogP) is 2.94. The summed E-state index contributed by atoms with van der Waals surface area (Å²) in [6, 6.07) is 1.32. The average molecular weight is 246 g/mol. The van der Waals surface area contributed by atoms with E-state index in [4.69, 9.17) is 16.3 Å². The number of halogens is 1. The summed E-state index contributed by atoms with van der Waals surface area (Å²) in [5, 5.41) is 3.82. The van der Waals surface area contributed by atoms with E-state index in [0.717, 1.165) is 5.88 Å². The highest BCUT2D eigenvalue weighted by Crippen LogP contribution is 2.29. The van der Waals surface area contributed by atoms with E-state index in [1.165, 1.54) is 44.9 Å². The Morgan fingerprint density at radius 2 is 2.00 bits per heavy atom. The number of hydrogen-bond donors (Lipinski definition) is 1. The second kappa shape index (κ2) is 6.23. The summed E-state index contributed by atoms with van der Waals surface area (Å²) < 4.78 is 5.47. The van der Waals surface area contributed by atoms with Gasteiger partial charge in [-0.25, -0.2) is 0 Å². The number of rotatable bonds is 4. The second-order valence-corrected chi connectivity index (χ2v) is 5.65. The Kier molecular flexibility index (Phi) is 4.93. The maximum atomic E-state index is 6.01. The van der Waals surface area contributed by atoms with Crippen molar-refractivity contribution in [3.63, 3.8) is 0 Å². The van der Waals surface area contributed by atoms with Crippen LogP contribution in [0.5, 0.6) is 0 Å². The van der Waals surface area contributed by atoms with Gasteiger partial charge in [0.25, 0.3) is 0 Å². The standard InChI is InChI=1S/C13H24ClNO/c1-16-12-6-3-5-11(8-12)15-13-7-2-4-10(13)9-14/h10-13,15H,2-9H2,1H3. The zero-order chi connectivity index (χ0) is 11.4. The monoisotopic (exact) mass is 245 g/mol. The third-order valence-electron chi connectivity index (χ3n) is 4.27. The van der Waals surface area contributed by atoms with Gasteiger partial charge in [-0.15, -0.1) is 11.6 Å². The van der Waals surface area contributed by atoms with Gasteiger partial charge in [0.2, 0.25) is 0 Å². The van der Waals surface area contributed by atoms with E-state index in [9.17, 15) is 0 Å². The molecule has 2 fully saturated rings. The van der Waals surface area contributed by atoms with Gasteiger partial charge in [0, 0.05) is 25.1 Å². The van der Waals surface area contributed by atoms with Crippen LogP contribution in [0.1, 0.15) is 44.9 Å². The summed E-state index contributed by atoms with van der Waals surface area (Å²) in [5.41, 5.74) is 0. The third kappa shape index (κ3) is 3.12. The highest BCUT2D eigenvalue weighted by molar-refractivity contribution is 6.18. The molecule has 0 saturated heterocycles. The van der Waals surface area contributed by atoms with Crippen molar-refractivity contribution in [3.8, 4) is 0 Å². The lowest BCUT2D eigenvalue weighted by atomic mass is 9.91. The molecule has 0 radical (unpaired) electrons. The van der Waals surface area contributed by atoms with Gasteiger partial charge in [-0.05, 0) is 44.4 Å². The Morgan fingerprint density at radius 3 is 2.75 bits per heavy atom. The minimum atomic E-state index is 0.474. The van der Waals surface area contributed by atoms with Gasteiger partial charge in [0.15, 0.2) is 0 Å². The van der Waals surface area contributed by atoms with Crippen molar-refractivity contribution in [1.29, 1.82) is 0 Å². The van der Waals surface area contributed by atoms with E-state index in [2.05, 4.69) is 5.32 Å². The van der Waals surface area contributed by atoms with Gasteiger partial charge < -0.3 is 10.1 Å². The highest BCUT2D eigenvalue weighted by Gasteiger charge is 2.30. The molecule has 0 aromatic carbocycles. The van der Waals surface area contributed by atoms with Crippen LogP contribution in [0.25, 0.3) is 0 Å². The molecule has 0 aliphatic heterocycles. The summed E-state index contributed by atoms with van der Waals surface area (Å²) in [6.45, 7) is 0. The number of alkyl halides is 1. The number of hydrogen-bond acceptors (Lipinski definition) is 2. The molecule has 0 aromatic heterocycles. The summed E-state index contributed by atoms with van der Waals surface area (Å²) in [4.78, 5) is 0. The molecule has 0 aromatic rings. The molecule has 2 aliphatic carbocycles. The fourth-order valence-electron chi connectivity index (χ4n) is 3.25. The van der Waals surface area contributed by atoms with Crippen molar-refractivity contribution in [2.45, 2.75) is 63.1 Å². The first-order valence-electron chi connectivity index (χ1n) is 6.68. The molecule has 4 unspecified atom stereocenters. The molecule has 4 atom stereocenters. The quantitative estimate of drug-likeness (QED) is 0.769. The van der Waals surface area contributed by atoms with Crippen LogP contribution in [-0.4, -0.2) is 31.2 Å². The van der Waals surface area contributed by atoms with E-state index in [0.29, 0.717) is 24.1 Å². The SMILES string of the molecule is COC1CCCC(NC2CCCC2CCl)C1. The van der Waals surface area contributed by atoms with E-state index < -0.39 is 0 Å². The minimum absolute atomic E-state index is 0.474. The maximum Gasteiger partial charge on any atom is 0.0586 e. The van der Waals surface area contributed by atoms with Crippen LogP contribution in [0.2, 0.25) is 0 Å². The van der Waals surface area contributed by atoms with Crippen LogP contribution in [0.15, 0.2) is 0 Å². The van der Waals surface area contributed by atoms with Gasteiger partial charge in [0.1, 0.15) is 0 Å². The Labute approximate surface area is 104 Å². The molecule has 16 heavy (non-hydrogen) atoms. The molecule has 1 N–H and O–H groups in total. The molecule has 2 saturated carbocycles. The van der Waals surface area contributed by atoms with Crippen molar-refractivity contribution < 1.29 is 4.74 Å². The Bertz CT molecular complexity index is 212. The topological polar surface area (TPSA) is 21.3 Å². The molecule has 0 amide bonds. The first-order valence-corrected chi connectivity index (χ1v) is 7.21. The van der Waals surface area contributed by atoms with Crippen LogP contribution in [0.3, 0.4) is 0 Å². The summed E-state index contributed by atoms with van der Waals surface area (Å²) in [6.07, 6.45) is 9.46. The summed E-state index contributed by atoms with van der Waals surface area (Å²) in [7, 11) is 1.84. The molecule has 2 nitrogen and oxygen atoms in total. The average Bonchev–Trinajstić information content (AvgIpc) is 2.76. The Hall–Kier alpha value is 0.210. The largest absolute Gasteiger partial charge is 0.381 e. The lowest BCUT2D eigenvalue weighted by Crippen LogP contribution is -2.44. The van der Waals surface area contributed by atoms with Crippen LogP contribution < -0.4 is 5.32 Å². The number of ether oxygens (including phenoxy) is 1. The highest BCUT2D eigenvalue weighted by atomic mass is 35.5. The van der Waals surface area contributed by atoms with Crippen LogP contribution in [0.4, 0.5) is 0 Å². The molecular formula is C13H24ClNO. The molecule has 0 heterocycles. The van der Waals surface area contributed by atoms with Crippen molar-refractivity contribution >= 4 is 11.6 Å². The van der Waals surface area contributed by atoms with E-state index in [1.54, 1.807) is 0 Å². The Morgan fingerprint density at radius 1 is 1.19 bits per heavy atom. The number of nitrogens with one attached hydrogen (secondary N) is 1. The van der Waals surface area contributed by atoms with Crippen molar-refractivity contribution in [3.05, 3.63) is 0 Å². The first-order chi connectivity index (χ1) is 7.83. The van der Waals surface area contributed by atoms with Crippen LogP contribution >= 0.6 is 11.6 Å². The molecule has 3 heteroatoms. The van der Waals surface area contributed by atoms with Crippen LogP contribution in [0, 0.1) is 5.92 Å². The molecule has 94 valence electrons. The summed E-state index contributed by atoms with van der Waals surface area (Å²) in [5.74, 6) is 1.52. The minimum Gasteiger partial charge on any atom is -0.381 e. The van der Waals surface area contributed by atoms with E-state index in [-0.39, 0.29) is 0 Å². The fourth-order valence-corrected chi connectivity index (χ4v) is 3.62. The molecule has 2 aliphatic rings. The normalized spacial score (nSPS) is 40.1. The van der Waals surface area contributed by atoms with Crippen molar-refractivity contribution in [1.82, 2.24) is 5.32 Å². The maximum absolute atomic E-state index is 6.01. The molecule has 2 rings (SSSR count). The molecule has 0 spiro atoms. The zero-order valence-electron chi connectivity index (χ0n) is 10.3. The van der Waals surface area contributed by atoms with E-state index >= 15 is 0 Å². The van der Waals surface area contributed by atoms with Crippen molar-refractivity contribution in [2.24, 2.45) is 5.92 Å². The lowest BCUT2D eigenvalue weighted by Gasteiger charge is -2.32. The van der Waals surface area contributed by atoms with Gasteiger partial charge >= 0.3 is 0 Å². The van der Waals surface area contributed by atoms with Gasteiger partial charge in [0.05, 0.1) is 6.10 Å². The van der Waals surface area contributed by atoms with Crippen molar-refractivity contribution in [2.75, 3.05) is 13.0 Å². The predicted molar refractivity (Wildman–Crippen MR) is 68.0 cm³/mol. The number of methoxy groups -OCH3 is 1. The first kappa shape index (κ1) is 12.7. The summed E-state index contributed by atoms with van der Waals surface area (Å²) >= 11 is 6.01.